The van der Waals surface area contributed by atoms with Gasteiger partial charge in [-0.15, -0.1) is 12.3 Å². The quantitative estimate of drug-likeness (QED) is 0.515. The Hall–Kier alpha value is -0.480. The van der Waals surface area contributed by atoms with Crippen molar-refractivity contribution in [2.75, 3.05) is 14.1 Å². The maximum atomic E-state index is 5.17. The third kappa shape index (κ3) is 3.16. The molecule has 0 rings (SSSR count). The third-order valence-corrected chi connectivity index (χ3v) is 1.56. The van der Waals surface area contributed by atoms with Crippen molar-refractivity contribution in [3.8, 4) is 12.3 Å². The molecule has 0 aromatic heterocycles. The van der Waals surface area contributed by atoms with Gasteiger partial charge >= 0.3 is 0 Å². The lowest BCUT2D eigenvalue weighted by atomic mass is 10.1. The summed E-state index contributed by atoms with van der Waals surface area (Å²) in [6, 6.07) is 0.565. The molecule has 0 fully saturated rings. The van der Waals surface area contributed by atoms with Gasteiger partial charge in [-0.3, -0.25) is 0 Å². The van der Waals surface area contributed by atoms with E-state index in [1.54, 1.807) is 0 Å². The topological polar surface area (TPSA) is 3.24 Å². The smallest absolute Gasteiger partial charge is 0.0242 e. The van der Waals surface area contributed by atoms with E-state index in [0.717, 1.165) is 12.8 Å². The van der Waals surface area contributed by atoms with Gasteiger partial charge in [0, 0.05) is 12.5 Å². The first-order valence-corrected chi connectivity index (χ1v) is 3.32. The molecule has 0 bridgehead atoms. The van der Waals surface area contributed by atoms with Crippen LogP contribution in [0.3, 0.4) is 0 Å². The Morgan fingerprint density at radius 3 is 2.22 bits per heavy atom. The van der Waals surface area contributed by atoms with E-state index >= 15 is 0 Å². The first-order chi connectivity index (χ1) is 4.22. The van der Waals surface area contributed by atoms with Crippen LogP contribution in [0, 0.1) is 12.3 Å². The summed E-state index contributed by atoms with van der Waals surface area (Å²) in [5.74, 6) is 2.66. The van der Waals surface area contributed by atoms with Crippen LogP contribution < -0.4 is 0 Å². The third-order valence-electron chi connectivity index (χ3n) is 1.56. The zero-order chi connectivity index (χ0) is 7.28. The number of rotatable bonds is 3. The molecule has 0 heterocycles. The Kier molecular flexibility index (Phi) is 4.17. The largest absolute Gasteiger partial charge is 0.306 e. The van der Waals surface area contributed by atoms with E-state index in [1.165, 1.54) is 0 Å². The lowest BCUT2D eigenvalue weighted by Crippen LogP contribution is -2.26. The zero-order valence-corrected chi connectivity index (χ0v) is 6.52. The van der Waals surface area contributed by atoms with Gasteiger partial charge < -0.3 is 4.90 Å². The average Bonchev–Trinajstić information content (AvgIpc) is 1.82. The number of hydrogen-bond donors (Lipinski definition) is 0. The maximum Gasteiger partial charge on any atom is 0.0242 e. The monoisotopic (exact) mass is 125 g/mol. The first-order valence-electron chi connectivity index (χ1n) is 3.32. The molecule has 0 aliphatic carbocycles. The lowest BCUT2D eigenvalue weighted by Gasteiger charge is -2.19. The Morgan fingerprint density at radius 2 is 2.11 bits per heavy atom. The molecule has 0 amide bonds. The van der Waals surface area contributed by atoms with Gasteiger partial charge in [-0.1, -0.05) is 6.92 Å². The molecule has 0 radical (unpaired) electrons. The van der Waals surface area contributed by atoms with Crippen molar-refractivity contribution in [3.63, 3.8) is 0 Å². The van der Waals surface area contributed by atoms with Crippen molar-refractivity contribution >= 4 is 0 Å². The van der Waals surface area contributed by atoms with Gasteiger partial charge in [-0.2, -0.15) is 0 Å². The molecule has 0 saturated heterocycles. The molecule has 1 atom stereocenters. The van der Waals surface area contributed by atoms with Gasteiger partial charge in [0.25, 0.3) is 0 Å². The summed E-state index contributed by atoms with van der Waals surface area (Å²) in [7, 11) is 4.12. The highest BCUT2D eigenvalue weighted by molar-refractivity contribution is 4.88. The summed E-state index contributed by atoms with van der Waals surface area (Å²) < 4.78 is 0. The normalized spacial score (nSPS) is 13.2. The van der Waals surface area contributed by atoms with Gasteiger partial charge in [0.05, 0.1) is 0 Å². The second-order valence-corrected chi connectivity index (χ2v) is 2.43. The molecule has 1 heteroatoms. The van der Waals surface area contributed by atoms with E-state index in [-0.39, 0.29) is 0 Å². The second-order valence-electron chi connectivity index (χ2n) is 2.43. The molecule has 0 saturated carbocycles. The summed E-state index contributed by atoms with van der Waals surface area (Å²) in [6.07, 6.45) is 7.17. The molecule has 0 aliphatic heterocycles. The minimum absolute atomic E-state index is 0.565. The zero-order valence-electron chi connectivity index (χ0n) is 6.52. The van der Waals surface area contributed by atoms with Gasteiger partial charge in [0.2, 0.25) is 0 Å². The highest BCUT2D eigenvalue weighted by Crippen LogP contribution is 2.01. The van der Waals surface area contributed by atoms with Crippen LogP contribution in [-0.2, 0) is 0 Å². The second kappa shape index (κ2) is 4.40. The van der Waals surface area contributed by atoms with Gasteiger partial charge in [-0.25, -0.2) is 0 Å². The Morgan fingerprint density at radius 1 is 1.56 bits per heavy atom. The van der Waals surface area contributed by atoms with E-state index in [0.29, 0.717) is 6.04 Å². The fourth-order valence-electron chi connectivity index (χ4n) is 0.828. The van der Waals surface area contributed by atoms with E-state index in [4.69, 9.17) is 6.42 Å². The molecule has 0 spiro atoms. The Balaban J connectivity index is 3.57. The molecule has 0 aromatic rings. The fourth-order valence-corrected chi connectivity index (χ4v) is 0.828. The van der Waals surface area contributed by atoms with E-state index in [1.807, 2.05) is 0 Å². The van der Waals surface area contributed by atoms with E-state index in [2.05, 4.69) is 31.8 Å². The van der Waals surface area contributed by atoms with Crippen molar-refractivity contribution in [2.24, 2.45) is 0 Å². The standard InChI is InChI=1S/C8H15N/c1-5-7-8(6-2)9(3)4/h1,8H,6-7H2,2-4H3. The van der Waals surface area contributed by atoms with Crippen LogP contribution in [-0.4, -0.2) is 25.0 Å². The van der Waals surface area contributed by atoms with Crippen LogP contribution >= 0.6 is 0 Å². The van der Waals surface area contributed by atoms with Crippen molar-refractivity contribution in [2.45, 2.75) is 25.8 Å². The minimum Gasteiger partial charge on any atom is -0.306 e. The molecule has 52 valence electrons. The minimum atomic E-state index is 0.565. The fraction of sp³-hybridized carbons (Fsp3) is 0.750. The lowest BCUT2D eigenvalue weighted by molar-refractivity contribution is 0.290. The first kappa shape index (κ1) is 8.52. The molecule has 1 nitrogen and oxygen atoms in total. The predicted molar refractivity (Wildman–Crippen MR) is 41.2 cm³/mol. The summed E-state index contributed by atoms with van der Waals surface area (Å²) in [5, 5.41) is 0. The van der Waals surface area contributed by atoms with Crippen LogP contribution in [0.15, 0.2) is 0 Å². The molecule has 1 unspecified atom stereocenters. The van der Waals surface area contributed by atoms with Crippen LogP contribution in [0.4, 0.5) is 0 Å². The van der Waals surface area contributed by atoms with Crippen molar-refractivity contribution in [1.82, 2.24) is 4.90 Å². The predicted octanol–water partition coefficient (Wildman–Crippen LogP) is 1.35. The Bertz CT molecular complexity index is 99.6. The Labute approximate surface area is 58.1 Å². The number of hydrogen-bond acceptors (Lipinski definition) is 1. The molecule has 0 aromatic carbocycles. The highest BCUT2D eigenvalue weighted by atomic mass is 15.1. The molecule has 0 N–H and O–H groups in total. The molecular weight excluding hydrogens is 110 g/mol. The number of nitrogens with zero attached hydrogens (tertiary/aromatic N) is 1. The average molecular weight is 125 g/mol. The number of terminal acetylenes is 1. The van der Waals surface area contributed by atoms with Gasteiger partial charge in [0.15, 0.2) is 0 Å². The summed E-state index contributed by atoms with van der Waals surface area (Å²) in [5.41, 5.74) is 0. The van der Waals surface area contributed by atoms with E-state index < -0.39 is 0 Å². The van der Waals surface area contributed by atoms with Crippen molar-refractivity contribution < 1.29 is 0 Å². The summed E-state index contributed by atoms with van der Waals surface area (Å²) in [6.45, 7) is 2.15. The van der Waals surface area contributed by atoms with Crippen LogP contribution in [0.2, 0.25) is 0 Å². The van der Waals surface area contributed by atoms with Crippen LogP contribution in [0.1, 0.15) is 19.8 Å². The van der Waals surface area contributed by atoms with E-state index in [9.17, 15) is 0 Å². The maximum absolute atomic E-state index is 5.17. The molecule has 9 heavy (non-hydrogen) atoms. The SMILES string of the molecule is C#CCC(CC)N(C)C. The summed E-state index contributed by atoms with van der Waals surface area (Å²) in [4.78, 5) is 2.17. The van der Waals surface area contributed by atoms with Crippen LogP contribution in [0.5, 0.6) is 0 Å². The van der Waals surface area contributed by atoms with Gasteiger partial charge in [0.1, 0.15) is 0 Å². The molecular formula is C8H15N. The molecule has 0 aliphatic rings. The van der Waals surface area contributed by atoms with Crippen molar-refractivity contribution in [1.29, 1.82) is 0 Å². The highest BCUT2D eigenvalue weighted by Gasteiger charge is 2.04. The summed E-state index contributed by atoms with van der Waals surface area (Å²) >= 11 is 0. The van der Waals surface area contributed by atoms with Crippen molar-refractivity contribution in [3.05, 3.63) is 0 Å². The van der Waals surface area contributed by atoms with Gasteiger partial charge in [-0.05, 0) is 20.5 Å². The van der Waals surface area contributed by atoms with Crippen LogP contribution in [0.25, 0.3) is 0 Å².